The zero-order valence-electron chi connectivity index (χ0n) is 5.68. The molecule has 0 aliphatic heterocycles. The molecule has 0 bridgehead atoms. The highest BCUT2D eigenvalue weighted by Gasteiger charge is 1.87. The molecule has 0 fully saturated rings. The van der Waals surface area contributed by atoms with Crippen LogP contribution in [0.1, 0.15) is 19.8 Å². The Morgan fingerprint density at radius 1 is 1.33 bits per heavy atom. The van der Waals surface area contributed by atoms with E-state index in [2.05, 4.69) is 13.2 Å². The Morgan fingerprint density at radius 3 is 1.89 bits per heavy atom. The van der Waals surface area contributed by atoms with Crippen LogP contribution in [0.2, 0.25) is 0 Å². The van der Waals surface area contributed by atoms with Gasteiger partial charge in [-0.25, -0.2) is 0 Å². The Kier molecular flexibility index (Phi) is 8.02. The summed E-state index contributed by atoms with van der Waals surface area (Å²) < 4.78 is 0. The normalized spacial score (nSPS) is 7.67. The van der Waals surface area contributed by atoms with Gasteiger partial charge < -0.3 is 5.11 Å². The Hall–Kier alpha value is 0.0100. The molecule has 2 heteroatoms. The van der Waals surface area contributed by atoms with E-state index in [0.717, 1.165) is 12.0 Å². The summed E-state index contributed by atoms with van der Waals surface area (Å²) in [5.74, 6) is 0.244. The van der Waals surface area contributed by atoms with Gasteiger partial charge in [-0.15, -0.1) is 30.6 Å². The van der Waals surface area contributed by atoms with Crippen molar-refractivity contribution in [1.29, 1.82) is 0 Å². The molecule has 0 saturated carbocycles. The standard InChI is InChI=1S/C7H12O.HI/c1-6(2)4-5-7(3)8;/h8H,1,3-5H2,2H3;1H. The molecular weight excluding hydrogens is 227 g/mol. The van der Waals surface area contributed by atoms with Crippen LogP contribution in [0, 0.1) is 0 Å². The maximum Gasteiger partial charge on any atom is 0.0854 e. The molecule has 0 saturated heterocycles. The van der Waals surface area contributed by atoms with Gasteiger partial charge in [-0.2, -0.15) is 0 Å². The van der Waals surface area contributed by atoms with E-state index in [-0.39, 0.29) is 29.7 Å². The number of aliphatic hydroxyl groups is 1. The molecule has 0 radical (unpaired) electrons. The molecule has 0 unspecified atom stereocenters. The van der Waals surface area contributed by atoms with Crippen LogP contribution in [0.5, 0.6) is 0 Å². The first kappa shape index (κ1) is 11.8. The largest absolute Gasteiger partial charge is 0.513 e. The van der Waals surface area contributed by atoms with Gasteiger partial charge in [0.1, 0.15) is 0 Å². The predicted octanol–water partition coefficient (Wildman–Crippen LogP) is 3.03. The summed E-state index contributed by atoms with van der Waals surface area (Å²) in [5.41, 5.74) is 1.08. The quantitative estimate of drug-likeness (QED) is 0.456. The molecule has 1 nitrogen and oxygen atoms in total. The lowest BCUT2D eigenvalue weighted by atomic mass is 10.2. The molecule has 0 spiro atoms. The third-order valence-corrected chi connectivity index (χ3v) is 0.840. The Morgan fingerprint density at radius 2 is 1.78 bits per heavy atom. The number of rotatable bonds is 3. The second-order valence-electron chi connectivity index (χ2n) is 2.02. The van der Waals surface area contributed by atoms with Crippen molar-refractivity contribution in [2.75, 3.05) is 0 Å². The van der Waals surface area contributed by atoms with Crippen molar-refractivity contribution < 1.29 is 5.11 Å². The van der Waals surface area contributed by atoms with E-state index in [0.29, 0.717) is 6.42 Å². The first-order valence-corrected chi connectivity index (χ1v) is 2.64. The maximum atomic E-state index is 8.57. The minimum atomic E-state index is 0. The van der Waals surface area contributed by atoms with Gasteiger partial charge in [0, 0.05) is 6.42 Å². The fourth-order valence-electron chi connectivity index (χ4n) is 0.358. The van der Waals surface area contributed by atoms with Crippen molar-refractivity contribution in [3.8, 4) is 0 Å². The summed E-state index contributed by atoms with van der Waals surface area (Å²) in [4.78, 5) is 0. The van der Waals surface area contributed by atoms with Gasteiger partial charge in [-0.1, -0.05) is 12.2 Å². The Labute approximate surface area is 73.5 Å². The molecule has 0 aromatic carbocycles. The van der Waals surface area contributed by atoms with Crippen LogP contribution < -0.4 is 0 Å². The summed E-state index contributed by atoms with van der Waals surface area (Å²) in [6.45, 7) is 8.95. The van der Waals surface area contributed by atoms with E-state index in [1.54, 1.807) is 0 Å². The monoisotopic (exact) mass is 240 g/mol. The summed E-state index contributed by atoms with van der Waals surface area (Å²) in [7, 11) is 0. The smallest absolute Gasteiger partial charge is 0.0854 e. The molecule has 0 aromatic rings. The molecule has 0 aliphatic rings. The summed E-state index contributed by atoms with van der Waals surface area (Å²) in [6, 6.07) is 0. The van der Waals surface area contributed by atoms with Crippen LogP contribution in [-0.4, -0.2) is 5.11 Å². The molecule has 0 aliphatic carbocycles. The van der Waals surface area contributed by atoms with Gasteiger partial charge in [0.15, 0.2) is 0 Å². The van der Waals surface area contributed by atoms with Crippen LogP contribution >= 0.6 is 24.0 Å². The zero-order valence-corrected chi connectivity index (χ0v) is 8.01. The Balaban J connectivity index is 0. The molecule has 9 heavy (non-hydrogen) atoms. The lowest BCUT2D eigenvalue weighted by molar-refractivity contribution is 0.391. The van der Waals surface area contributed by atoms with Crippen molar-refractivity contribution >= 4 is 24.0 Å². The van der Waals surface area contributed by atoms with Crippen molar-refractivity contribution in [3.63, 3.8) is 0 Å². The SMILES string of the molecule is C=C(C)CCC(=C)O.I. The molecule has 0 amide bonds. The van der Waals surface area contributed by atoms with Gasteiger partial charge >= 0.3 is 0 Å². The number of allylic oxidation sites excluding steroid dienone is 2. The predicted molar refractivity (Wildman–Crippen MR) is 51.2 cm³/mol. The molecule has 0 rings (SSSR count). The van der Waals surface area contributed by atoms with Crippen molar-refractivity contribution in [3.05, 3.63) is 24.5 Å². The van der Waals surface area contributed by atoms with Crippen molar-refractivity contribution in [2.45, 2.75) is 19.8 Å². The highest BCUT2D eigenvalue weighted by Crippen LogP contribution is 2.04. The van der Waals surface area contributed by atoms with Crippen molar-refractivity contribution in [1.82, 2.24) is 0 Å². The number of halogens is 1. The first-order chi connectivity index (χ1) is 3.63. The van der Waals surface area contributed by atoms with E-state index < -0.39 is 0 Å². The minimum Gasteiger partial charge on any atom is -0.513 e. The van der Waals surface area contributed by atoms with Crippen molar-refractivity contribution in [2.24, 2.45) is 0 Å². The maximum absolute atomic E-state index is 8.57. The Bertz CT molecular complexity index is 93.5. The van der Waals surface area contributed by atoms with Gasteiger partial charge in [0.05, 0.1) is 5.76 Å². The van der Waals surface area contributed by atoms with Crippen LogP contribution in [0.25, 0.3) is 0 Å². The van der Waals surface area contributed by atoms with Crippen LogP contribution in [0.3, 0.4) is 0 Å². The lowest BCUT2D eigenvalue weighted by Gasteiger charge is -1.94. The van der Waals surface area contributed by atoms with E-state index >= 15 is 0 Å². The molecule has 0 heterocycles. The second-order valence-corrected chi connectivity index (χ2v) is 2.02. The van der Waals surface area contributed by atoms with Crippen LogP contribution in [-0.2, 0) is 0 Å². The average molecular weight is 240 g/mol. The topological polar surface area (TPSA) is 20.2 Å². The van der Waals surface area contributed by atoms with Crippen LogP contribution in [0.4, 0.5) is 0 Å². The molecule has 54 valence electrons. The third kappa shape index (κ3) is 11.5. The van der Waals surface area contributed by atoms with Gasteiger partial charge in [0.2, 0.25) is 0 Å². The minimum absolute atomic E-state index is 0. The molecule has 0 atom stereocenters. The highest BCUT2D eigenvalue weighted by atomic mass is 127. The summed E-state index contributed by atoms with van der Waals surface area (Å²) in [6.07, 6.45) is 1.49. The summed E-state index contributed by atoms with van der Waals surface area (Å²) in [5, 5.41) is 8.57. The van der Waals surface area contributed by atoms with Gasteiger partial charge in [0.25, 0.3) is 0 Å². The molecule has 0 aromatic heterocycles. The first-order valence-electron chi connectivity index (χ1n) is 2.64. The van der Waals surface area contributed by atoms with Crippen LogP contribution in [0.15, 0.2) is 24.5 Å². The fraction of sp³-hybridized carbons (Fsp3) is 0.429. The lowest BCUT2D eigenvalue weighted by Crippen LogP contribution is -1.78. The third-order valence-electron chi connectivity index (χ3n) is 0.840. The van der Waals surface area contributed by atoms with Gasteiger partial charge in [-0.3, -0.25) is 0 Å². The van der Waals surface area contributed by atoms with E-state index in [4.69, 9.17) is 5.11 Å². The number of aliphatic hydroxyl groups excluding tert-OH is 1. The fourth-order valence-corrected chi connectivity index (χ4v) is 0.358. The van der Waals surface area contributed by atoms with E-state index in [1.807, 2.05) is 6.92 Å². The number of hydrogen-bond acceptors (Lipinski definition) is 1. The second kappa shape index (κ2) is 6.13. The number of hydrogen-bond donors (Lipinski definition) is 1. The molecular formula is C7H13IO. The zero-order chi connectivity index (χ0) is 6.57. The average Bonchev–Trinajstić information content (AvgIpc) is 1.61. The summed E-state index contributed by atoms with van der Waals surface area (Å²) >= 11 is 0. The van der Waals surface area contributed by atoms with Gasteiger partial charge in [-0.05, 0) is 13.3 Å². The van der Waals surface area contributed by atoms with E-state index in [1.165, 1.54) is 0 Å². The highest BCUT2D eigenvalue weighted by molar-refractivity contribution is 14.0. The van der Waals surface area contributed by atoms with E-state index in [9.17, 15) is 0 Å². The molecule has 1 N–H and O–H groups in total.